The summed E-state index contributed by atoms with van der Waals surface area (Å²) in [4.78, 5) is 10.9. The van der Waals surface area contributed by atoms with Crippen LogP contribution in [0.4, 0.5) is 23.2 Å². The molecule has 0 radical (unpaired) electrons. The Morgan fingerprint density at radius 1 is 1.11 bits per heavy atom. The van der Waals surface area contributed by atoms with E-state index in [9.17, 15) is 30.8 Å². The predicted molar refractivity (Wildman–Crippen MR) is 124 cm³/mol. The minimum absolute atomic E-state index is 0.00299. The fraction of sp³-hybridized carbons (Fsp3) is 0.240. The summed E-state index contributed by atoms with van der Waals surface area (Å²) in [5.74, 6) is -2.04. The van der Waals surface area contributed by atoms with Gasteiger partial charge in [-0.1, -0.05) is 18.2 Å². The quantitative estimate of drug-likeness (QED) is 0.403. The second kappa shape index (κ2) is 9.45. The van der Waals surface area contributed by atoms with Crippen LogP contribution in [0.15, 0.2) is 65.6 Å². The second-order valence-corrected chi connectivity index (χ2v) is 10.2. The van der Waals surface area contributed by atoms with Crippen molar-refractivity contribution >= 4 is 21.7 Å². The predicted octanol–water partition coefficient (Wildman–Crippen LogP) is 5.68. The van der Waals surface area contributed by atoms with E-state index in [1.54, 1.807) is 18.2 Å². The van der Waals surface area contributed by atoms with Gasteiger partial charge in [0.15, 0.2) is 0 Å². The van der Waals surface area contributed by atoms with E-state index in [2.05, 4.69) is 0 Å². The number of halogens is 4. The second-order valence-electron chi connectivity index (χ2n) is 8.31. The highest BCUT2D eigenvalue weighted by Crippen LogP contribution is 2.43. The number of carboxylic acid groups (broad SMARTS) is 1. The van der Waals surface area contributed by atoms with Crippen molar-refractivity contribution in [3.8, 4) is 16.9 Å². The third-order valence-corrected chi connectivity index (χ3v) is 7.84. The Labute approximate surface area is 204 Å². The number of hydrogen-bond donors (Lipinski definition) is 1. The van der Waals surface area contributed by atoms with E-state index in [1.165, 1.54) is 31.4 Å². The van der Waals surface area contributed by atoms with Crippen molar-refractivity contribution in [3.05, 3.63) is 77.6 Å². The number of carbonyl (C=O) groups is 1. The molecule has 0 bridgehead atoms. The molecule has 4 rings (SSSR count). The summed E-state index contributed by atoms with van der Waals surface area (Å²) >= 11 is 0. The minimum atomic E-state index is -4.71. The molecule has 0 aromatic heterocycles. The normalized spacial score (nSPS) is 15.6. The van der Waals surface area contributed by atoms with Gasteiger partial charge in [-0.3, -0.25) is 9.10 Å². The topological polar surface area (TPSA) is 83.9 Å². The first kappa shape index (κ1) is 25.5. The Morgan fingerprint density at radius 3 is 2.50 bits per heavy atom. The number of rotatable bonds is 7. The van der Waals surface area contributed by atoms with Crippen molar-refractivity contribution in [2.45, 2.75) is 29.8 Å². The van der Waals surface area contributed by atoms with Crippen LogP contribution in [0, 0.1) is 5.82 Å². The number of ether oxygens (including phenoxy) is 1. The maximum absolute atomic E-state index is 14.5. The average Bonchev–Trinajstić information content (AvgIpc) is 3.20. The van der Waals surface area contributed by atoms with Gasteiger partial charge >= 0.3 is 12.1 Å². The van der Waals surface area contributed by atoms with Crippen LogP contribution in [0.5, 0.6) is 5.75 Å². The Morgan fingerprint density at radius 2 is 1.86 bits per heavy atom. The van der Waals surface area contributed by atoms with Crippen LogP contribution in [0.2, 0.25) is 0 Å². The van der Waals surface area contributed by atoms with E-state index < -0.39 is 39.5 Å². The van der Waals surface area contributed by atoms with Gasteiger partial charge in [-0.25, -0.2) is 12.8 Å². The van der Waals surface area contributed by atoms with Gasteiger partial charge in [0.25, 0.3) is 10.0 Å². The number of methoxy groups -OCH3 is 1. The summed E-state index contributed by atoms with van der Waals surface area (Å²) in [7, 11) is -2.71. The Hall–Kier alpha value is -3.60. The minimum Gasteiger partial charge on any atom is -0.497 e. The molecule has 1 atom stereocenters. The van der Waals surface area contributed by atoms with Crippen molar-refractivity contribution < 1.29 is 40.6 Å². The third kappa shape index (κ3) is 4.88. The summed E-state index contributed by atoms with van der Waals surface area (Å²) in [6.07, 6.45) is -4.66. The molecule has 36 heavy (non-hydrogen) atoms. The van der Waals surface area contributed by atoms with Crippen molar-refractivity contribution in [2.75, 3.05) is 18.0 Å². The van der Waals surface area contributed by atoms with E-state index in [4.69, 9.17) is 9.84 Å². The van der Waals surface area contributed by atoms with Gasteiger partial charge in [0.1, 0.15) is 11.6 Å². The first-order valence-corrected chi connectivity index (χ1v) is 12.3. The van der Waals surface area contributed by atoms with Gasteiger partial charge in [-0.15, -0.1) is 0 Å². The average molecular weight is 524 g/mol. The van der Waals surface area contributed by atoms with Gasteiger partial charge in [0.05, 0.1) is 23.3 Å². The van der Waals surface area contributed by atoms with Crippen molar-refractivity contribution in [3.63, 3.8) is 0 Å². The lowest BCUT2D eigenvalue weighted by atomic mass is 9.96. The maximum atomic E-state index is 14.5. The Bertz CT molecular complexity index is 1420. The van der Waals surface area contributed by atoms with Crippen LogP contribution < -0.4 is 9.04 Å². The smallest absolute Gasteiger partial charge is 0.416 e. The monoisotopic (exact) mass is 523 g/mol. The first-order valence-electron chi connectivity index (χ1n) is 10.8. The summed E-state index contributed by atoms with van der Waals surface area (Å²) in [6, 6.07) is 12.2. The molecule has 1 N–H and O–H groups in total. The molecule has 0 saturated carbocycles. The van der Waals surface area contributed by atoms with E-state index >= 15 is 0 Å². The zero-order valence-electron chi connectivity index (χ0n) is 18.9. The lowest BCUT2D eigenvalue weighted by molar-refractivity contribution is -0.138. The van der Waals surface area contributed by atoms with E-state index in [0.29, 0.717) is 23.1 Å². The summed E-state index contributed by atoms with van der Waals surface area (Å²) in [5, 5.41) is 9.10. The molecule has 1 heterocycles. The van der Waals surface area contributed by atoms with E-state index in [1.807, 2.05) is 0 Å². The fourth-order valence-electron chi connectivity index (χ4n) is 4.26. The van der Waals surface area contributed by atoms with Crippen LogP contribution in [0.25, 0.3) is 11.1 Å². The maximum Gasteiger partial charge on any atom is 0.416 e. The highest BCUT2D eigenvalue weighted by Gasteiger charge is 2.37. The van der Waals surface area contributed by atoms with Crippen LogP contribution in [-0.4, -0.2) is 33.1 Å². The molecular weight excluding hydrogens is 502 g/mol. The van der Waals surface area contributed by atoms with Crippen molar-refractivity contribution in [1.82, 2.24) is 0 Å². The van der Waals surface area contributed by atoms with Crippen LogP contribution in [0.1, 0.15) is 29.9 Å². The van der Waals surface area contributed by atoms with Crippen LogP contribution in [-0.2, 0) is 21.0 Å². The molecule has 0 amide bonds. The van der Waals surface area contributed by atoms with Crippen LogP contribution in [0.3, 0.4) is 0 Å². The number of sulfonamides is 1. The highest BCUT2D eigenvalue weighted by atomic mass is 32.2. The van der Waals surface area contributed by atoms with E-state index in [-0.39, 0.29) is 35.4 Å². The molecule has 190 valence electrons. The third-order valence-electron chi connectivity index (χ3n) is 6.07. The molecule has 6 nitrogen and oxygen atoms in total. The number of alkyl halides is 3. The first-order chi connectivity index (χ1) is 16.9. The van der Waals surface area contributed by atoms with Crippen LogP contribution >= 0.6 is 0 Å². The van der Waals surface area contributed by atoms with Crippen molar-refractivity contribution in [1.29, 1.82) is 0 Å². The lowest BCUT2D eigenvalue weighted by Gasteiger charge is -2.21. The molecule has 1 aliphatic rings. The molecule has 0 spiro atoms. The molecule has 0 fully saturated rings. The number of aliphatic carboxylic acids is 1. The highest BCUT2D eigenvalue weighted by molar-refractivity contribution is 7.92. The van der Waals surface area contributed by atoms with E-state index in [0.717, 1.165) is 16.4 Å². The number of hydrogen-bond acceptors (Lipinski definition) is 4. The fourth-order valence-corrected chi connectivity index (χ4v) is 5.84. The SMILES string of the molecule is COc1ccc2c(c1)C(CCC(=O)O)CN2S(=O)(=O)c1cccc(-c2ccc(C(F)(F)F)cc2F)c1. The zero-order chi connectivity index (χ0) is 26.3. The number of fused-ring (bicyclic) bond motifs is 1. The molecule has 3 aromatic carbocycles. The summed E-state index contributed by atoms with van der Waals surface area (Å²) in [5.41, 5.74) is -0.227. The molecule has 11 heteroatoms. The zero-order valence-corrected chi connectivity index (χ0v) is 19.7. The lowest BCUT2D eigenvalue weighted by Crippen LogP contribution is -2.30. The van der Waals surface area contributed by atoms with Gasteiger partial charge < -0.3 is 9.84 Å². The molecule has 1 unspecified atom stereocenters. The standard InChI is InChI=1S/C25H21F4NO5S/c1-35-18-7-9-23-21(13-18)16(5-10-24(31)32)14-30(23)36(33,34)19-4-2-3-15(11-19)20-8-6-17(12-22(20)26)25(27,28)29/h2-4,6-9,11-13,16H,5,10,14H2,1H3,(H,31,32). The molecule has 3 aromatic rings. The van der Waals surface area contributed by atoms with Crippen molar-refractivity contribution in [2.24, 2.45) is 0 Å². The largest absolute Gasteiger partial charge is 0.497 e. The van der Waals surface area contributed by atoms with Gasteiger partial charge in [-0.05, 0) is 60.0 Å². The molecule has 1 aliphatic heterocycles. The van der Waals surface area contributed by atoms with Gasteiger partial charge in [-0.2, -0.15) is 13.2 Å². The number of nitrogens with zero attached hydrogens (tertiary/aromatic N) is 1. The molecular formula is C25H21F4NO5S. The Balaban J connectivity index is 1.72. The summed E-state index contributed by atoms with van der Waals surface area (Å²) in [6.45, 7) is -0.00299. The number of anilines is 1. The number of benzene rings is 3. The Kier molecular flexibility index (Phi) is 6.70. The molecule has 0 saturated heterocycles. The number of carboxylic acids is 1. The van der Waals surface area contributed by atoms with Gasteiger partial charge in [0, 0.05) is 24.4 Å². The summed E-state index contributed by atoms with van der Waals surface area (Å²) < 4.78 is 86.9. The molecule has 0 aliphatic carbocycles. The van der Waals surface area contributed by atoms with Gasteiger partial charge in [0.2, 0.25) is 0 Å².